The van der Waals surface area contributed by atoms with Gasteiger partial charge in [-0.2, -0.15) is 0 Å². The van der Waals surface area contributed by atoms with E-state index in [1.54, 1.807) is 12.1 Å². The van der Waals surface area contributed by atoms with Crippen LogP contribution in [0.2, 0.25) is 0 Å². The van der Waals surface area contributed by atoms with Crippen LogP contribution in [0.15, 0.2) is 18.2 Å². The number of ether oxygens (including phenoxy) is 1. The van der Waals surface area contributed by atoms with E-state index < -0.39 is 0 Å². The molecule has 0 radical (unpaired) electrons. The van der Waals surface area contributed by atoms with Gasteiger partial charge in [-0.3, -0.25) is 0 Å². The second-order valence-electron chi connectivity index (χ2n) is 4.06. The lowest BCUT2D eigenvalue weighted by Gasteiger charge is -2.34. The van der Waals surface area contributed by atoms with Gasteiger partial charge in [0.1, 0.15) is 5.82 Å². The maximum Gasteiger partial charge on any atom is 0.148 e. The highest BCUT2D eigenvalue weighted by Gasteiger charge is 2.21. The molecule has 0 aliphatic carbocycles. The van der Waals surface area contributed by atoms with E-state index in [1.165, 1.54) is 6.07 Å². The fourth-order valence-corrected chi connectivity index (χ4v) is 1.96. The minimum atomic E-state index is -0.253. The van der Waals surface area contributed by atoms with Crippen LogP contribution in [0.25, 0.3) is 0 Å². The third-order valence-corrected chi connectivity index (χ3v) is 2.91. The third-order valence-electron chi connectivity index (χ3n) is 2.91. The Morgan fingerprint density at radius 1 is 1.56 bits per heavy atom. The van der Waals surface area contributed by atoms with Crippen molar-refractivity contribution in [3.05, 3.63) is 24.0 Å². The van der Waals surface area contributed by atoms with Gasteiger partial charge in [0.15, 0.2) is 0 Å². The predicted molar refractivity (Wildman–Crippen MR) is 63.1 cm³/mol. The van der Waals surface area contributed by atoms with Gasteiger partial charge in [0.25, 0.3) is 0 Å². The maximum atomic E-state index is 13.7. The zero-order chi connectivity index (χ0) is 11.5. The molecule has 4 heteroatoms. The Labute approximate surface area is 95.0 Å². The molecule has 0 spiro atoms. The van der Waals surface area contributed by atoms with E-state index in [2.05, 4.69) is 6.92 Å². The van der Waals surface area contributed by atoms with E-state index in [-0.39, 0.29) is 11.9 Å². The number of hydrogen-bond acceptors (Lipinski definition) is 3. The minimum Gasteiger partial charge on any atom is -0.399 e. The number of nitrogens with two attached hydrogens (primary N) is 1. The first-order valence-corrected chi connectivity index (χ1v) is 5.62. The zero-order valence-corrected chi connectivity index (χ0v) is 9.45. The van der Waals surface area contributed by atoms with Gasteiger partial charge in [0, 0.05) is 18.8 Å². The van der Waals surface area contributed by atoms with Crippen molar-refractivity contribution in [1.29, 1.82) is 0 Å². The van der Waals surface area contributed by atoms with E-state index in [0.29, 0.717) is 18.0 Å². The van der Waals surface area contributed by atoms with Crippen LogP contribution in [0.1, 0.15) is 13.3 Å². The van der Waals surface area contributed by atoms with Crippen LogP contribution in [0, 0.1) is 5.82 Å². The summed E-state index contributed by atoms with van der Waals surface area (Å²) in [5, 5.41) is 0. The fraction of sp³-hybridized carbons (Fsp3) is 0.500. The Morgan fingerprint density at radius 3 is 3.06 bits per heavy atom. The molecule has 0 saturated carbocycles. The van der Waals surface area contributed by atoms with Crippen LogP contribution in [0.5, 0.6) is 0 Å². The second-order valence-corrected chi connectivity index (χ2v) is 4.06. The highest BCUT2D eigenvalue weighted by Crippen LogP contribution is 2.24. The van der Waals surface area contributed by atoms with Crippen LogP contribution in [-0.2, 0) is 4.74 Å². The van der Waals surface area contributed by atoms with E-state index in [0.717, 1.165) is 19.5 Å². The van der Waals surface area contributed by atoms with E-state index in [4.69, 9.17) is 10.5 Å². The van der Waals surface area contributed by atoms with Crippen molar-refractivity contribution in [2.75, 3.05) is 30.3 Å². The van der Waals surface area contributed by atoms with Crippen molar-refractivity contribution in [3.63, 3.8) is 0 Å². The molecule has 1 aliphatic heterocycles. The summed E-state index contributed by atoms with van der Waals surface area (Å²) >= 11 is 0. The molecule has 88 valence electrons. The van der Waals surface area contributed by atoms with Crippen molar-refractivity contribution in [2.24, 2.45) is 0 Å². The van der Waals surface area contributed by atoms with Crippen LogP contribution in [0.3, 0.4) is 0 Å². The van der Waals surface area contributed by atoms with Gasteiger partial charge >= 0.3 is 0 Å². The first-order valence-electron chi connectivity index (χ1n) is 5.62. The van der Waals surface area contributed by atoms with Crippen molar-refractivity contribution in [2.45, 2.75) is 19.4 Å². The number of morpholine rings is 1. The Kier molecular flexibility index (Phi) is 3.29. The fourth-order valence-electron chi connectivity index (χ4n) is 1.96. The molecule has 1 unspecified atom stereocenters. The molecule has 3 nitrogen and oxygen atoms in total. The molecular formula is C12H17FN2O. The quantitative estimate of drug-likeness (QED) is 0.781. The number of nitrogen functional groups attached to an aromatic ring is 1. The molecule has 0 aromatic heterocycles. The summed E-state index contributed by atoms with van der Waals surface area (Å²) in [6.45, 7) is 4.21. The Balaban J connectivity index is 2.16. The lowest BCUT2D eigenvalue weighted by Crippen LogP contribution is -2.42. The summed E-state index contributed by atoms with van der Waals surface area (Å²) in [4.78, 5) is 2.02. The van der Waals surface area contributed by atoms with E-state index in [9.17, 15) is 4.39 Å². The average molecular weight is 224 g/mol. The van der Waals surface area contributed by atoms with Crippen LogP contribution in [-0.4, -0.2) is 25.8 Å². The minimum absolute atomic E-state index is 0.200. The van der Waals surface area contributed by atoms with Crippen molar-refractivity contribution in [1.82, 2.24) is 0 Å². The smallest absolute Gasteiger partial charge is 0.148 e. The lowest BCUT2D eigenvalue weighted by atomic mass is 10.2. The third kappa shape index (κ3) is 2.27. The molecule has 1 fully saturated rings. The first kappa shape index (κ1) is 11.2. The Bertz CT molecular complexity index is 370. The predicted octanol–water partition coefficient (Wildman–Crippen LogP) is 2.02. The molecule has 0 amide bonds. The van der Waals surface area contributed by atoms with Crippen molar-refractivity contribution in [3.8, 4) is 0 Å². The molecular weight excluding hydrogens is 207 g/mol. The topological polar surface area (TPSA) is 38.5 Å². The Morgan fingerprint density at radius 2 is 2.38 bits per heavy atom. The van der Waals surface area contributed by atoms with Gasteiger partial charge in [0.2, 0.25) is 0 Å². The van der Waals surface area contributed by atoms with E-state index >= 15 is 0 Å². The SMILES string of the molecule is CCC1CN(c2ccc(N)cc2F)CCO1. The molecule has 2 N–H and O–H groups in total. The zero-order valence-electron chi connectivity index (χ0n) is 9.45. The van der Waals surface area contributed by atoms with Gasteiger partial charge in [-0.15, -0.1) is 0 Å². The van der Waals surface area contributed by atoms with Gasteiger partial charge in [-0.05, 0) is 24.6 Å². The average Bonchev–Trinajstić information content (AvgIpc) is 2.29. The van der Waals surface area contributed by atoms with E-state index in [1.807, 2.05) is 4.90 Å². The van der Waals surface area contributed by atoms with Gasteiger partial charge < -0.3 is 15.4 Å². The summed E-state index contributed by atoms with van der Waals surface area (Å²) in [5.74, 6) is -0.253. The van der Waals surface area contributed by atoms with Crippen molar-refractivity contribution >= 4 is 11.4 Å². The highest BCUT2D eigenvalue weighted by atomic mass is 19.1. The summed E-state index contributed by atoms with van der Waals surface area (Å²) in [6, 6.07) is 4.84. The summed E-state index contributed by atoms with van der Waals surface area (Å²) in [6.07, 6.45) is 1.15. The first-order chi connectivity index (χ1) is 7.70. The largest absolute Gasteiger partial charge is 0.399 e. The molecule has 1 aromatic carbocycles. The van der Waals surface area contributed by atoms with Crippen LogP contribution >= 0.6 is 0 Å². The molecule has 1 atom stereocenters. The standard InChI is InChI=1S/C12H17FN2O/c1-2-10-8-15(5-6-16-10)12-4-3-9(14)7-11(12)13/h3-4,7,10H,2,5-6,8,14H2,1H3. The number of nitrogens with zero attached hydrogens (tertiary/aromatic N) is 1. The number of rotatable bonds is 2. The lowest BCUT2D eigenvalue weighted by molar-refractivity contribution is 0.0382. The molecule has 0 bridgehead atoms. The van der Waals surface area contributed by atoms with Crippen LogP contribution < -0.4 is 10.6 Å². The van der Waals surface area contributed by atoms with Gasteiger partial charge in [-0.1, -0.05) is 6.92 Å². The summed E-state index contributed by atoms with van der Waals surface area (Å²) < 4.78 is 19.3. The summed E-state index contributed by atoms with van der Waals surface area (Å²) in [5.41, 5.74) is 6.61. The number of hydrogen-bond donors (Lipinski definition) is 1. The summed E-state index contributed by atoms with van der Waals surface area (Å²) in [7, 11) is 0. The molecule has 1 aromatic rings. The normalized spacial score (nSPS) is 21.1. The molecule has 16 heavy (non-hydrogen) atoms. The Hall–Kier alpha value is -1.29. The number of benzene rings is 1. The second kappa shape index (κ2) is 4.70. The highest BCUT2D eigenvalue weighted by molar-refractivity contribution is 5.54. The monoisotopic (exact) mass is 224 g/mol. The number of halogens is 1. The van der Waals surface area contributed by atoms with Gasteiger partial charge in [0.05, 0.1) is 18.4 Å². The molecule has 1 saturated heterocycles. The molecule has 1 heterocycles. The molecule has 2 rings (SSSR count). The maximum absolute atomic E-state index is 13.7. The number of anilines is 2. The molecule has 1 aliphatic rings. The van der Waals surface area contributed by atoms with Crippen LogP contribution in [0.4, 0.5) is 15.8 Å². The van der Waals surface area contributed by atoms with Gasteiger partial charge in [-0.25, -0.2) is 4.39 Å². The van der Waals surface area contributed by atoms with Crippen molar-refractivity contribution < 1.29 is 9.13 Å².